The van der Waals surface area contributed by atoms with Crippen LogP contribution < -0.4 is 14.7 Å². The molecule has 3 heterocycles. The second-order valence-electron chi connectivity index (χ2n) is 24.5. The fourth-order valence-corrected chi connectivity index (χ4v) is 10.1. The molecular weight excluding hydrogens is 1070 g/mol. The number of nitrogens with zero attached hydrogens (tertiary/aromatic N) is 5. The third kappa shape index (κ3) is 9.79. The molecule has 5 nitrogen and oxygen atoms in total. The Labute approximate surface area is 450 Å². The van der Waals surface area contributed by atoms with Crippen LogP contribution in [0.3, 0.4) is 0 Å². The molecule has 0 atom stereocenters. The molecule has 9 aromatic rings. The summed E-state index contributed by atoms with van der Waals surface area (Å²) in [5.74, 6) is 0.860. The molecule has 2 aromatic heterocycles. The van der Waals surface area contributed by atoms with Crippen molar-refractivity contribution in [2.75, 3.05) is 14.7 Å². The van der Waals surface area contributed by atoms with Gasteiger partial charge in [-0.2, -0.15) is 12.1 Å². The molecule has 0 unspecified atom stereocenters. The van der Waals surface area contributed by atoms with Crippen molar-refractivity contribution in [1.29, 1.82) is 0 Å². The minimum Gasteiger partial charge on any atom is -0.493 e. The molecule has 0 aliphatic carbocycles. The molecule has 0 amide bonds. The van der Waals surface area contributed by atoms with Gasteiger partial charge >= 0.3 is 0 Å². The van der Waals surface area contributed by atoms with Gasteiger partial charge in [-0.05, 0) is 115 Å². The van der Waals surface area contributed by atoms with Crippen LogP contribution in [0.4, 0.5) is 39.8 Å². The Bertz CT molecular complexity index is 3430. The van der Waals surface area contributed by atoms with Crippen LogP contribution >= 0.6 is 0 Å². The van der Waals surface area contributed by atoms with Crippen LogP contribution in [0.5, 0.6) is 0 Å². The monoisotopic (exact) mass is 1140 g/mol. The number of hydrogen-bond acceptors (Lipinski definition) is 4. The van der Waals surface area contributed by atoms with Gasteiger partial charge in [0.25, 0.3) is 0 Å². The topological polar surface area (TPSA) is 27.5 Å². The number of fused-ring (bicyclic) bond motifs is 4. The molecule has 1 aliphatic heterocycles. The Morgan fingerprint density at radius 2 is 1.03 bits per heavy atom. The summed E-state index contributed by atoms with van der Waals surface area (Å²) >= 11 is 0. The Morgan fingerprint density at radius 1 is 0.452 bits per heavy atom. The summed E-state index contributed by atoms with van der Waals surface area (Å²) in [4.78, 5) is 12.0. The Kier molecular flexibility index (Phi) is 13.3. The van der Waals surface area contributed by atoms with Crippen LogP contribution in [0.1, 0.15) is 130 Å². The van der Waals surface area contributed by atoms with Crippen LogP contribution in [0.25, 0.3) is 27.6 Å². The SMILES string of the molecule is CC(C)(C)c1ccc(C(C)(C)c2ccnc(-n3c4[c-]c(N(c5[c-]c(N6[CH-]N(c7cc(C(C)(C)C)cc(C(C)(C)C)c7)c7ccccc76)ccc5)c5ccccc5)ccc4c4cc(C(C)(C)C)ccc43)c2)cc1.[Pt]. The number of pyridine rings is 1. The maximum atomic E-state index is 5.14. The van der Waals surface area contributed by atoms with Crippen molar-refractivity contribution < 1.29 is 21.1 Å². The van der Waals surface area contributed by atoms with E-state index in [1.165, 1.54) is 38.8 Å². The average molecular weight is 1140 g/mol. The van der Waals surface area contributed by atoms with E-state index in [1.807, 2.05) is 6.20 Å². The zero-order valence-corrected chi connectivity index (χ0v) is 47.5. The zero-order chi connectivity index (χ0) is 51.1. The van der Waals surface area contributed by atoms with Crippen molar-refractivity contribution in [1.82, 2.24) is 9.55 Å². The number of hydrogen-bond donors (Lipinski definition) is 0. The summed E-state index contributed by atoms with van der Waals surface area (Å²) < 4.78 is 2.32. The quantitative estimate of drug-likeness (QED) is 0.142. The smallest absolute Gasteiger partial charge is 0.135 e. The van der Waals surface area contributed by atoms with E-state index in [0.717, 1.165) is 62.0 Å². The van der Waals surface area contributed by atoms with Crippen LogP contribution in [0.2, 0.25) is 0 Å². The summed E-state index contributed by atoms with van der Waals surface area (Å²) in [5, 5.41) is 2.31. The Hall–Kier alpha value is -6.42. The third-order valence-electron chi connectivity index (χ3n) is 14.8. The Balaban J connectivity index is 0.00000656. The molecule has 0 saturated carbocycles. The molecule has 0 bridgehead atoms. The summed E-state index contributed by atoms with van der Waals surface area (Å²) in [6.07, 6.45) is 1.97. The summed E-state index contributed by atoms with van der Waals surface area (Å²) in [5.41, 5.74) is 16.7. The summed E-state index contributed by atoms with van der Waals surface area (Å²) in [7, 11) is 0. The molecule has 0 fully saturated rings. The van der Waals surface area contributed by atoms with Gasteiger partial charge in [-0.1, -0.05) is 187 Å². The molecule has 1 aliphatic rings. The van der Waals surface area contributed by atoms with Crippen molar-refractivity contribution in [3.05, 3.63) is 216 Å². The first kappa shape index (κ1) is 51.5. The van der Waals surface area contributed by atoms with E-state index >= 15 is 0 Å². The van der Waals surface area contributed by atoms with Crippen molar-refractivity contribution in [3.63, 3.8) is 0 Å². The molecule has 10 rings (SSSR count). The van der Waals surface area contributed by atoms with Crippen LogP contribution in [-0.4, -0.2) is 9.55 Å². The first-order chi connectivity index (χ1) is 34.0. The van der Waals surface area contributed by atoms with E-state index in [1.54, 1.807) is 0 Å². The number of benzene rings is 7. The van der Waals surface area contributed by atoms with E-state index in [0.29, 0.717) is 0 Å². The van der Waals surface area contributed by atoms with Gasteiger partial charge in [0, 0.05) is 60.9 Å². The average Bonchev–Trinajstić information content (AvgIpc) is 3.89. The van der Waals surface area contributed by atoms with Gasteiger partial charge in [0.1, 0.15) is 5.82 Å². The largest absolute Gasteiger partial charge is 0.493 e. The van der Waals surface area contributed by atoms with Crippen LogP contribution in [0.15, 0.2) is 164 Å². The number of anilines is 7. The predicted molar refractivity (Wildman–Crippen MR) is 306 cm³/mol. The molecule has 0 saturated heterocycles. The van der Waals surface area contributed by atoms with E-state index in [2.05, 4.69) is 293 Å². The number of para-hydroxylation sites is 3. The van der Waals surface area contributed by atoms with E-state index in [4.69, 9.17) is 4.98 Å². The van der Waals surface area contributed by atoms with Crippen LogP contribution in [0, 0.1) is 18.8 Å². The van der Waals surface area contributed by atoms with Crippen molar-refractivity contribution in [3.8, 4) is 5.82 Å². The molecule has 0 spiro atoms. The van der Waals surface area contributed by atoms with Gasteiger partial charge in [-0.25, -0.2) is 4.98 Å². The van der Waals surface area contributed by atoms with E-state index < -0.39 is 0 Å². The predicted octanol–water partition coefficient (Wildman–Crippen LogP) is 18.2. The van der Waals surface area contributed by atoms with Gasteiger partial charge in [0.05, 0.1) is 0 Å². The van der Waals surface area contributed by atoms with Gasteiger partial charge in [0.15, 0.2) is 0 Å². The molecule has 0 N–H and O–H groups in total. The summed E-state index contributed by atoms with van der Waals surface area (Å²) in [6, 6.07) is 65.8. The fourth-order valence-electron chi connectivity index (χ4n) is 10.1. The molecular formula is C67H70N5Pt-3. The first-order valence-corrected chi connectivity index (χ1v) is 25.6. The third-order valence-corrected chi connectivity index (χ3v) is 14.8. The summed E-state index contributed by atoms with van der Waals surface area (Å²) in [6.45, 7) is 34.3. The van der Waals surface area contributed by atoms with Gasteiger partial charge < -0.3 is 19.3 Å². The molecule has 6 heteroatoms. The first-order valence-electron chi connectivity index (χ1n) is 25.6. The second kappa shape index (κ2) is 18.8. The van der Waals surface area contributed by atoms with Gasteiger partial charge in [-0.3, -0.25) is 0 Å². The standard InChI is InChI=1S/C67H70N5.Pt/c1-63(2,3)45-27-29-46(30-28-45)67(13,14)48-35-36-68-62(41-48)72-58-34-31-47(64(4,5)6)40-57(58)56-33-32-54(43-61(56)72)71(51-21-16-15-17-22-51)53-24-20-23-52(42-53)69-44-70(60-26-19-18-25-59(60)69)55-38-49(65(7,8)9)37-50(39-55)66(10,11)12;/h15-41,44H,1-14H3;/q-3;. The number of rotatable bonds is 8. The van der Waals surface area contributed by atoms with Gasteiger partial charge in [0.2, 0.25) is 0 Å². The van der Waals surface area contributed by atoms with E-state index in [9.17, 15) is 0 Å². The number of aromatic nitrogens is 2. The fraction of sp³-hybridized carbons (Fsp3) is 0.284. The van der Waals surface area contributed by atoms with E-state index in [-0.39, 0.29) is 48.1 Å². The molecule has 0 radical (unpaired) electrons. The normalized spacial score (nSPS) is 13.4. The molecule has 73 heavy (non-hydrogen) atoms. The van der Waals surface area contributed by atoms with Gasteiger partial charge in [-0.15, -0.1) is 48.1 Å². The van der Waals surface area contributed by atoms with Crippen molar-refractivity contribution >= 4 is 61.6 Å². The molecule has 7 aromatic carbocycles. The van der Waals surface area contributed by atoms with Crippen molar-refractivity contribution in [2.24, 2.45) is 0 Å². The maximum Gasteiger partial charge on any atom is 0.135 e. The Morgan fingerprint density at radius 3 is 1.66 bits per heavy atom. The second-order valence-corrected chi connectivity index (χ2v) is 24.5. The molecule has 376 valence electrons. The zero-order valence-electron chi connectivity index (χ0n) is 45.2. The van der Waals surface area contributed by atoms with Crippen LogP contribution in [-0.2, 0) is 48.1 Å². The minimum absolute atomic E-state index is 0. The maximum absolute atomic E-state index is 5.14. The van der Waals surface area contributed by atoms with Crippen molar-refractivity contribution in [2.45, 2.75) is 124 Å². The minimum atomic E-state index is -0.276.